The lowest BCUT2D eigenvalue weighted by molar-refractivity contribution is -0.130. The van der Waals surface area contributed by atoms with Crippen molar-refractivity contribution in [1.29, 1.82) is 0 Å². The second kappa shape index (κ2) is 8.62. The molecule has 5 nitrogen and oxygen atoms in total. The van der Waals surface area contributed by atoms with Crippen molar-refractivity contribution in [2.24, 2.45) is 5.92 Å². The molecule has 148 valence electrons. The molecule has 0 radical (unpaired) electrons. The molecule has 0 bridgehead atoms. The molecule has 1 N–H and O–H groups in total. The van der Waals surface area contributed by atoms with E-state index in [0.29, 0.717) is 37.0 Å². The van der Waals surface area contributed by atoms with E-state index in [1.54, 1.807) is 11.3 Å². The number of likely N-dealkylation sites (tertiary alicyclic amines) is 1. The van der Waals surface area contributed by atoms with Crippen molar-refractivity contribution >= 4 is 34.8 Å². The minimum absolute atomic E-state index is 0.0181. The van der Waals surface area contributed by atoms with Crippen molar-refractivity contribution in [3.05, 3.63) is 40.4 Å². The third-order valence-electron chi connectivity index (χ3n) is 5.63. The Morgan fingerprint density at radius 1 is 1.29 bits per heavy atom. The number of carbonyl (C=O) groups is 2. The summed E-state index contributed by atoms with van der Waals surface area (Å²) in [6, 6.07) is 8.01. The lowest BCUT2D eigenvalue weighted by atomic mass is 10.1. The van der Waals surface area contributed by atoms with Crippen molar-refractivity contribution < 1.29 is 9.59 Å². The van der Waals surface area contributed by atoms with Crippen LogP contribution in [0.4, 0.5) is 0 Å². The molecule has 2 heterocycles. The van der Waals surface area contributed by atoms with Gasteiger partial charge in [0.05, 0.1) is 16.6 Å². The van der Waals surface area contributed by atoms with E-state index in [1.807, 2.05) is 34.5 Å². The first-order chi connectivity index (χ1) is 13.6. The SMILES string of the molecule is O=C(NCCc1csc(-c2ccccc2Cl)n1)[C@H]1CC(=O)N(C2CCCC2)C1. The van der Waals surface area contributed by atoms with Gasteiger partial charge in [-0.3, -0.25) is 9.59 Å². The van der Waals surface area contributed by atoms with Crippen LogP contribution in [-0.4, -0.2) is 40.8 Å². The Balaban J connectivity index is 1.27. The summed E-state index contributed by atoms with van der Waals surface area (Å²) in [5, 5.41) is 6.57. The largest absolute Gasteiger partial charge is 0.355 e. The maximum absolute atomic E-state index is 12.5. The number of aromatic nitrogens is 1. The first kappa shape index (κ1) is 19.4. The molecule has 1 aromatic heterocycles. The topological polar surface area (TPSA) is 62.3 Å². The van der Waals surface area contributed by atoms with E-state index in [4.69, 9.17) is 11.6 Å². The zero-order valence-corrected chi connectivity index (χ0v) is 17.3. The number of nitrogens with one attached hydrogen (secondary N) is 1. The van der Waals surface area contributed by atoms with E-state index in [9.17, 15) is 9.59 Å². The summed E-state index contributed by atoms with van der Waals surface area (Å²) in [6.45, 7) is 1.10. The highest BCUT2D eigenvalue weighted by Gasteiger charge is 2.38. The van der Waals surface area contributed by atoms with Gasteiger partial charge in [0.15, 0.2) is 0 Å². The van der Waals surface area contributed by atoms with Gasteiger partial charge >= 0.3 is 0 Å². The maximum Gasteiger partial charge on any atom is 0.225 e. The molecule has 2 aliphatic rings. The van der Waals surface area contributed by atoms with Crippen LogP contribution in [0.5, 0.6) is 0 Å². The Morgan fingerprint density at radius 3 is 2.86 bits per heavy atom. The Hall–Kier alpha value is -1.92. The number of hydrogen-bond donors (Lipinski definition) is 1. The van der Waals surface area contributed by atoms with Gasteiger partial charge < -0.3 is 10.2 Å². The van der Waals surface area contributed by atoms with E-state index in [0.717, 1.165) is 29.1 Å². The minimum atomic E-state index is -0.220. The van der Waals surface area contributed by atoms with Gasteiger partial charge in [-0.05, 0) is 18.9 Å². The molecule has 2 amide bonds. The number of rotatable bonds is 6. The molecule has 2 fully saturated rings. The number of nitrogens with zero attached hydrogens (tertiary/aromatic N) is 2. The molecule has 1 aliphatic carbocycles. The maximum atomic E-state index is 12.5. The molecular weight excluding hydrogens is 394 g/mol. The molecule has 1 aliphatic heterocycles. The Bertz CT molecular complexity index is 863. The fourth-order valence-corrected chi connectivity index (χ4v) is 5.29. The van der Waals surface area contributed by atoms with Crippen LogP contribution in [0.3, 0.4) is 0 Å². The van der Waals surface area contributed by atoms with E-state index >= 15 is 0 Å². The van der Waals surface area contributed by atoms with E-state index < -0.39 is 0 Å². The van der Waals surface area contributed by atoms with Crippen LogP contribution < -0.4 is 5.32 Å². The van der Waals surface area contributed by atoms with E-state index in [1.165, 1.54) is 12.8 Å². The summed E-state index contributed by atoms with van der Waals surface area (Å²) >= 11 is 7.79. The zero-order chi connectivity index (χ0) is 19.5. The predicted octanol–water partition coefficient (Wildman–Crippen LogP) is 3.91. The third kappa shape index (κ3) is 4.23. The fourth-order valence-electron chi connectivity index (χ4n) is 4.11. The van der Waals surface area contributed by atoms with Crippen LogP contribution in [0.2, 0.25) is 5.02 Å². The highest BCUT2D eigenvalue weighted by molar-refractivity contribution is 7.13. The van der Waals surface area contributed by atoms with E-state index in [2.05, 4.69) is 10.3 Å². The molecule has 1 aromatic carbocycles. The van der Waals surface area contributed by atoms with Crippen LogP contribution >= 0.6 is 22.9 Å². The monoisotopic (exact) mass is 417 g/mol. The second-order valence-corrected chi connectivity index (χ2v) is 8.82. The van der Waals surface area contributed by atoms with Crippen LogP contribution in [0.15, 0.2) is 29.6 Å². The fraction of sp³-hybridized carbons (Fsp3) is 0.476. The summed E-state index contributed by atoms with van der Waals surface area (Å²) in [7, 11) is 0. The average molecular weight is 418 g/mol. The Kier molecular flexibility index (Phi) is 5.97. The molecule has 0 spiro atoms. The molecule has 28 heavy (non-hydrogen) atoms. The van der Waals surface area contributed by atoms with Crippen molar-refractivity contribution in [2.45, 2.75) is 44.6 Å². The normalized spacial score (nSPS) is 20.1. The summed E-state index contributed by atoms with van der Waals surface area (Å²) in [6.07, 6.45) is 5.55. The average Bonchev–Trinajstić information content (AvgIpc) is 3.42. The number of carbonyl (C=O) groups excluding carboxylic acids is 2. The number of halogens is 1. The molecule has 2 aromatic rings. The van der Waals surface area contributed by atoms with Gasteiger partial charge in [-0.1, -0.05) is 42.6 Å². The number of thiazole rings is 1. The lowest BCUT2D eigenvalue weighted by Gasteiger charge is -2.23. The third-order valence-corrected chi connectivity index (χ3v) is 6.89. The van der Waals surface area contributed by atoms with Gasteiger partial charge in [0.25, 0.3) is 0 Å². The van der Waals surface area contributed by atoms with E-state index in [-0.39, 0.29) is 17.7 Å². The van der Waals surface area contributed by atoms with Crippen molar-refractivity contribution in [1.82, 2.24) is 15.2 Å². The van der Waals surface area contributed by atoms with Gasteiger partial charge in [-0.2, -0.15) is 0 Å². The highest BCUT2D eigenvalue weighted by Crippen LogP contribution is 2.31. The standard InChI is InChI=1S/C21H24ClN3O2S/c22-18-8-4-3-7-17(18)21-24-15(13-28-21)9-10-23-20(27)14-11-19(26)25(12-14)16-5-1-2-6-16/h3-4,7-8,13-14,16H,1-2,5-6,9-12H2,(H,23,27)/t14-/m0/s1. The summed E-state index contributed by atoms with van der Waals surface area (Å²) in [5.41, 5.74) is 1.87. The van der Waals surface area contributed by atoms with Crippen LogP contribution in [0, 0.1) is 5.92 Å². The molecular formula is C21H24ClN3O2S. The first-order valence-corrected chi connectivity index (χ1v) is 11.1. The lowest BCUT2D eigenvalue weighted by Crippen LogP contribution is -2.37. The molecule has 0 unspecified atom stereocenters. The molecule has 4 rings (SSSR count). The number of benzene rings is 1. The van der Waals surface area contributed by atoms with Crippen LogP contribution in [0.1, 0.15) is 37.8 Å². The first-order valence-electron chi connectivity index (χ1n) is 9.88. The predicted molar refractivity (Wildman–Crippen MR) is 111 cm³/mol. The minimum Gasteiger partial charge on any atom is -0.355 e. The molecule has 7 heteroatoms. The molecule has 1 saturated heterocycles. The van der Waals surface area contributed by atoms with Gasteiger partial charge in [0.2, 0.25) is 11.8 Å². The number of hydrogen-bond acceptors (Lipinski definition) is 4. The van der Waals surface area contributed by atoms with Gasteiger partial charge in [0.1, 0.15) is 5.01 Å². The summed E-state index contributed by atoms with van der Waals surface area (Å²) < 4.78 is 0. The summed E-state index contributed by atoms with van der Waals surface area (Å²) in [5.74, 6) is -0.103. The van der Waals surface area contributed by atoms with Gasteiger partial charge in [0, 0.05) is 42.9 Å². The number of amides is 2. The summed E-state index contributed by atoms with van der Waals surface area (Å²) in [4.78, 5) is 31.3. The molecule has 1 atom stereocenters. The van der Waals surface area contributed by atoms with Crippen molar-refractivity contribution in [3.63, 3.8) is 0 Å². The smallest absolute Gasteiger partial charge is 0.225 e. The Morgan fingerprint density at radius 2 is 2.07 bits per heavy atom. The second-order valence-electron chi connectivity index (χ2n) is 7.55. The van der Waals surface area contributed by atoms with Crippen molar-refractivity contribution in [2.75, 3.05) is 13.1 Å². The molecule has 1 saturated carbocycles. The quantitative estimate of drug-likeness (QED) is 0.774. The Labute approximate surface area is 174 Å². The zero-order valence-electron chi connectivity index (χ0n) is 15.7. The van der Waals surface area contributed by atoms with Gasteiger partial charge in [-0.15, -0.1) is 11.3 Å². The highest BCUT2D eigenvalue weighted by atomic mass is 35.5. The van der Waals surface area contributed by atoms with Gasteiger partial charge in [-0.25, -0.2) is 4.98 Å². The van der Waals surface area contributed by atoms with Crippen LogP contribution in [-0.2, 0) is 16.0 Å². The van der Waals surface area contributed by atoms with Crippen molar-refractivity contribution in [3.8, 4) is 10.6 Å². The van der Waals surface area contributed by atoms with Crippen LogP contribution in [0.25, 0.3) is 10.6 Å².